The first-order chi connectivity index (χ1) is 11.9. The van der Waals surface area contributed by atoms with Gasteiger partial charge in [0.25, 0.3) is 5.56 Å². The van der Waals surface area contributed by atoms with Gasteiger partial charge in [0.05, 0.1) is 12.7 Å². The molecule has 1 aromatic heterocycles. The molecular weight excluding hydrogens is 383 g/mol. The third-order valence-corrected chi connectivity index (χ3v) is 5.46. The molecule has 1 saturated heterocycles. The average Bonchev–Trinajstić information content (AvgIpc) is 2.74. The van der Waals surface area contributed by atoms with Crippen LogP contribution in [0.2, 0.25) is 0 Å². The maximum atomic E-state index is 12.0. The number of aliphatic hydroxyl groups excluding tert-OH is 1. The lowest BCUT2D eigenvalue weighted by atomic mass is 9.87. The third-order valence-electron chi connectivity index (χ3n) is 3.80. The van der Waals surface area contributed by atoms with E-state index in [2.05, 4.69) is 4.98 Å². The van der Waals surface area contributed by atoms with Crippen molar-refractivity contribution in [3.8, 4) is 0 Å². The predicted octanol–water partition coefficient (Wildman–Crippen LogP) is 0.870. The Hall–Kier alpha value is -0.870. The Bertz CT molecular complexity index is 787. The molecule has 0 radical (unpaired) electrons. The van der Waals surface area contributed by atoms with Gasteiger partial charge in [-0.05, 0) is 30.6 Å². The molecule has 0 spiro atoms. The minimum Gasteiger partial charge on any atom is -0.386 e. The first-order valence-electron chi connectivity index (χ1n) is 8.24. The van der Waals surface area contributed by atoms with Crippen molar-refractivity contribution in [2.75, 3.05) is 6.61 Å². The first-order valence-corrected chi connectivity index (χ1v) is 10.8. The summed E-state index contributed by atoms with van der Waals surface area (Å²) < 4.78 is 17.5. The maximum absolute atomic E-state index is 12.0. The van der Waals surface area contributed by atoms with Gasteiger partial charge in [0.15, 0.2) is 6.23 Å². The summed E-state index contributed by atoms with van der Waals surface area (Å²) in [7, 11) is 0. The largest absolute Gasteiger partial charge is 0.386 e. The quantitative estimate of drug-likeness (QED) is 0.593. The molecule has 0 amide bonds. The Labute approximate surface area is 156 Å². The molecule has 26 heavy (non-hydrogen) atoms. The van der Waals surface area contributed by atoms with Crippen LogP contribution in [0.25, 0.3) is 0 Å². The summed E-state index contributed by atoms with van der Waals surface area (Å²) in [6.45, 7) is 4.20. The number of aromatic nitrogens is 2. The third kappa shape index (κ3) is 5.32. The van der Waals surface area contributed by atoms with Crippen molar-refractivity contribution >= 4 is 18.5 Å². The van der Waals surface area contributed by atoms with Gasteiger partial charge in [0.1, 0.15) is 12.2 Å². The summed E-state index contributed by atoms with van der Waals surface area (Å²) in [5, 5.41) is 10.7. The lowest BCUT2D eigenvalue weighted by Crippen LogP contribution is -2.38. The fourth-order valence-corrected chi connectivity index (χ4v) is 4.39. The van der Waals surface area contributed by atoms with Crippen LogP contribution in [0.15, 0.2) is 21.9 Å². The number of aliphatic hydroxyl groups is 1. The van der Waals surface area contributed by atoms with Crippen molar-refractivity contribution in [2.24, 2.45) is 5.41 Å². The van der Waals surface area contributed by atoms with Crippen molar-refractivity contribution in [1.29, 1.82) is 0 Å². The fraction of sp³-hybridized carbons (Fsp3) is 0.733. The number of nitrogens with one attached hydrogen (secondary N) is 1. The van der Waals surface area contributed by atoms with Gasteiger partial charge in [0, 0.05) is 12.3 Å². The second kappa shape index (κ2) is 8.02. The van der Waals surface area contributed by atoms with Crippen LogP contribution in [0, 0.1) is 5.41 Å². The van der Waals surface area contributed by atoms with Gasteiger partial charge in [-0.3, -0.25) is 18.9 Å². The minimum atomic E-state index is -3.57. The van der Waals surface area contributed by atoms with E-state index in [0.717, 1.165) is 10.6 Å². The summed E-state index contributed by atoms with van der Waals surface area (Å²) in [6.07, 6.45) is -2.29. The molecule has 2 heterocycles. The molecule has 1 aliphatic heterocycles. The number of hydrogen-bond donors (Lipinski definition) is 3. The average molecular weight is 408 g/mol. The van der Waals surface area contributed by atoms with Crippen molar-refractivity contribution in [1.82, 2.24) is 9.55 Å². The van der Waals surface area contributed by atoms with Gasteiger partial charge in [-0.1, -0.05) is 20.8 Å². The lowest BCUT2D eigenvalue weighted by molar-refractivity contribution is -0.0498. The standard InChI is InChI=1S/C15H25N2O7PS/c1-5-22-25(21,26)24-12-9(8-15(2,3)4)23-13(11(12)19)17-7-6-10(18)16-14(17)20/h6-7,9,11-13,19H,5,8H2,1-4H3,(H,21,26)(H,16,18,20)/t9-,11?,12?,13-,25?/m1/s1. The van der Waals surface area contributed by atoms with E-state index in [-0.39, 0.29) is 12.0 Å². The molecule has 9 nitrogen and oxygen atoms in total. The van der Waals surface area contributed by atoms with Gasteiger partial charge in [-0.25, -0.2) is 4.79 Å². The van der Waals surface area contributed by atoms with Gasteiger partial charge in [-0.2, -0.15) is 0 Å². The molecule has 148 valence electrons. The molecule has 1 fully saturated rings. The van der Waals surface area contributed by atoms with E-state index >= 15 is 0 Å². The molecule has 3 unspecified atom stereocenters. The smallest absolute Gasteiger partial charge is 0.330 e. The van der Waals surface area contributed by atoms with E-state index in [1.807, 2.05) is 20.8 Å². The zero-order valence-corrected chi connectivity index (χ0v) is 16.8. The van der Waals surface area contributed by atoms with Crippen LogP contribution in [0.1, 0.15) is 40.3 Å². The number of aromatic amines is 1. The van der Waals surface area contributed by atoms with Crippen LogP contribution in [0.4, 0.5) is 0 Å². The van der Waals surface area contributed by atoms with Crippen LogP contribution in [-0.4, -0.2) is 44.5 Å². The summed E-state index contributed by atoms with van der Waals surface area (Å²) in [4.78, 5) is 35.6. The summed E-state index contributed by atoms with van der Waals surface area (Å²) >= 11 is 4.96. The normalized spacial score (nSPS) is 28.8. The minimum absolute atomic E-state index is 0.157. The van der Waals surface area contributed by atoms with Crippen LogP contribution in [0.3, 0.4) is 0 Å². The monoisotopic (exact) mass is 408 g/mol. The Morgan fingerprint density at radius 3 is 2.62 bits per heavy atom. The highest BCUT2D eigenvalue weighted by atomic mass is 32.5. The molecule has 11 heteroatoms. The number of nitrogens with zero attached hydrogens (tertiary/aromatic N) is 1. The molecule has 5 atom stereocenters. The van der Waals surface area contributed by atoms with Gasteiger partial charge in [-0.15, -0.1) is 0 Å². The van der Waals surface area contributed by atoms with Crippen LogP contribution >= 0.6 is 6.72 Å². The summed E-state index contributed by atoms with van der Waals surface area (Å²) in [6, 6.07) is 1.15. The van der Waals surface area contributed by atoms with Gasteiger partial charge >= 0.3 is 12.4 Å². The molecule has 2 rings (SSSR count). The zero-order chi connectivity index (χ0) is 19.7. The molecule has 1 aromatic rings. The van der Waals surface area contributed by atoms with Crippen molar-refractivity contribution < 1.29 is 23.8 Å². The Balaban J connectivity index is 2.35. The molecular formula is C15H25N2O7PS. The van der Waals surface area contributed by atoms with Gasteiger partial charge < -0.3 is 19.3 Å². The van der Waals surface area contributed by atoms with E-state index in [9.17, 15) is 19.6 Å². The Morgan fingerprint density at radius 1 is 1.42 bits per heavy atom. The number of hydrogen-bond acceptors (Lipinski definition) is 7. The van der Waals surface area contributed by atoms with Gasteiger partial charge in [0.2, 0.25) is 0 Å². The predicted molar refractivity (Wildman–Crippen MR) is 98.3 cm³/mol. The molecule has 0 aliphatic carbocycles. The van der Waals surface area contributed by atoms with Crippen LogP contribution in [0.5, 0.6) is 0 Å². The van der Waals surface area contributed by atoms with E-state index in [1.54, 1.807) is 6.92 Å². The lowest BCUT2D eigenvalue weighted by Gasteiger charge is -2.28. The first kappa shape index (κ1) is 21.4. The zero-order valence-electron chi connectivity index (χ0n) is 15.1. The Morgan fingerprint density at radius 2 is 2.08 bits per heavy atom. The molecule has 0 saturated carbocycles. The SMILES string of the molecule is CCOP(O)(=S)OC1C(O)[C@H](n2ccc(=O)[nH]c2=O)O[C@@H]1CC(C)(C)C. The summed E-state index contributed by atoms with van der Waals surface area (Å²) in [5.41, 5.74) is -1.45. The van der Waals surface area contributed by atoms with Crippen LogP contribution < -0.4 is 11.2 Å². The molecule has 3 N–H and O–H groups in total. The Kier molecular flexibility index (Phi) is 6.61. The topological polar surface area (TPSA) is 123 Å². The highest BCUT2D eigenvalue weighted by Gasteiger charge is 2.49. The van der Waals surface area contributed by atoms with Crippen LogP contribution in [-0.2, 0) is 25.6 Å². The molecule has 0 aromatic carbocycles. The van der Waals surface area contributed by atoms with E-state index in [0.29, 0.717) is 6.42 Å². The highest BCUT2D eigenvalue weighted by Crippen LogP contribution is 2.49. The number of ether oxygens (including phenoxy) is 1. The summed E-state index contributed by atoms with van der Waals surface area (Å²) in [5.74, 6) is 0. The van der Waals surface area contributed by atoms with E-state index < -0.39 is 42.5 Å². The number of H-pyrrole nitrogens is 1. The molecule has 0 bridgehead atoms. The fourth-order valence-electron chi connectivity index (χ4n) is 2.82. The van der Waals surface area contributed by atoms with Crippen molar-refractivity contribution in [3.63, 3.8) is 0 Å². The van der Waals surface area contributed by atoms with E-state index in [1.165, 1.54) is 6.20 Å². The molecule has 1 aliphatic rings. The maximum Gasteiger partial charge on any atom is 0.330 e. The highest BCUT2D eigenvalue weighted by molar-refractivity contribution is 8.07. The van der Waals surface area contributed by atoms with E-state index in [4.69, 9.17) is 25.6 Å². The van der Waals surface area contributed by atoms with Crippen molar-refractivity contribution in [2.45, 2.75) is 58.7 Å². The second-order valence-electron chi connectivity index (χ2n) is 7.29. The number of rotatable bonds is 6. The second-order valence-corrected chi connectivity index (χ2v) is 10.1. The van der Waals surface area contributed by atoms with Crippen molar-refractivity contribution in [3.05, 3.63) is 33.1 Å².